The smallest absolute Gasteiger partial charge is 0.227 e. The molecule has 3 heterocycles. The standard InChI is InChI=1S/C40H24N4O/c1-3-10-25(11-4-1)28-20-18-26-19-21-30(23-31(26)22-28)38-42-37(27-12-5-2-6-13-27)43-39(44-38)32-15-9-17-35-36(32)33-24-29-14-7-8-16-34(29)41-40(33)45-35/h1-24H. The molecule has 45 heavy (non-hydrogen) atoms. The molecular formula is C40H24N4O. The van der Waals surface area contributed by atoms with Crippen LogP contribution in [0.15, 0.2) is 150 Å². The molecule has 5 heteroatoms. The van der Waals surface area contributed by atoms with Crippen LogP contribution >= 0.6 is 0 Å². The quantitative estimate of drug-likeness (QED) is 0.209. The Balaban J connectivity index is 1.26. The number of hydrogen-bond donors (Lipinski definition) is 0. The van der Waals surface area contributed by atoms with Crippen LogP contribution < -0.4 is 0 Å². The van der Waals surface area contributed by atoms with Gasteiger partial charge in [0.25, 0.3) is 0 Å². The van der Waals surface area contributed by atoms with Crippen LogP contribution in [-0.4, -0.2) is 19.9 Å². The van der Waals surface area contributed by atoms with E-state index in [2.05, 4.69) is 72.8 Å². The van der Waals surface area contributed by atoms with Crippen molar-refractivity contribution in [1.29, 1.82) is 0 Å². The first-order valence-corrected chi connectivity index (χ1v) is 14.9. The Morgan fingerprint density at radius 1 is 0.400 bits per heavy atom. The average molecular weight is 577 g/mol. The summed E-state index contributed by atoms with van der Waals surface area (Å²) >= 11 is 0. The van der Waals surface area contributed by atoms with E-state index in [-0.39, 0.29) is 0 Å². The van der Waals surface area contributed by atoms with Gasteiger partial charge in [-0.2, -0.15) is 0 Å². The highest BCUT2D eigenvalue weighted by Gasteiger charge is 2.19. The Hall–Kier alpha value is -6.20. The lowest BCUT2D eigenvalue weighted by molar-refractivity contribution is 0.656. The zero-order valence-corrected chi connectivity index (χ0v) is 24.1. The van der Waals surface area contributed by atoms with Crippen molar-refractivity contribution in [3.8, 4) is 45.3 Å². The fourth-order valence-electron chi connectivity index (χ4n) is 6.08. The zero-order valence-electron chi connectivity index (χ0n) is 24.1. The number of hydrogen-bond acceptors (Lipinski definition) is 5. The fraction of sp³-hybridized carbons (Fsp3) is 0. The molecule has 0 aliphatic heterocycles. The molecule has 9 rings (SSSR count). The van der Waals surface area contributed by atoms with Crippen LogP contribution in [0.5, 0.6) is 0 Å². The summed E-state index contributed by atoms with van der Waals surface area (Å²) in [5.74, 6) is 1.81. The molecule has 0 aliphatic carbocycles. The molecule has 210 valence electrons. The van der Waals surface area contributed by atoms with E-state index in [9.17, 15) is 0 Å². The predicted octanol–water partition coefficient (Wildman–Crippen LogP) is 10.1. The number of nitrogens with zero attached hydrogens (tertiary/aromatic N) is 4. The number of furan rings is 1. The zero-order chi connectivity index (χ0) is 29.7. The highest BCUT2D eigenvalue weighted by atomic mass is 16.3. The third-order valence-electron chi connectivity index (χ3n) is 8.31. The van der Waals surface area contributed by atoms with Gasteiger partial charge in [0.05, 0.1) is 5.52 Å². The summed E-state index contributed by atoms with van der Waals surface area (Å²) < 4.78 is 6.27. The molecule has 0 unspecified atom stereocenters. The topological polar surface area (TPSA) is 64.7 Å². The molecule has 0 bridgehead atoms. The molecule has 0 saturated carbocycles. The van der Waals surface area contributed by atoms with Crippen LogP contribution in [0.2, 0.25) is 0 Å². The van der Waals surface area contributed by atoms with Gasteiger partial charge in [-0.1, -0.05) is 115 Å². The maximum absolute atomic E-state index is 6.27. The average Bonchev–Trinajstić information content (AvgIpc) is 3.48. The molecule has 0 atom stereocenters. The van der Waals surface area contributed by atoms with Gasteiger partial charge in [0.1, 0.15) is 5.58 Å². The largest absolute Gasteiger partial charge is 0.438 e. The van der Waals surface area contributed by atoms with Crippen molar-refractivity contribution >= 4 is 43.7 Å². The van der Waals surface area contributed by atoms with Gasteiger partial charge in [-0.3, -0.25) is 0 Å². The van der Waals surface area contributed by atoms with Crippen molar-refractivity contribution in [2.45, 2.75) is 0 Å². The van der Waals surface area contributed by atoms with Crippen molar-refractivity contribution in [1.82, 2.24) is 19.9 Å². The molecule has 0 aliphatic rings. The summed E-state index contributed by atoms with van der Waals surface area (Å²) in [6, 6.07) is 49.6. The van der Waals surface area contributed by atoms with E-state index in [1.165, 1.54) is 11.1 Å². The first kappa shape index (κ1) is 25.3. The number of para-hydroxylation sites is 1. The molecular weight excluding hydrogens is 552 g/mol. The maximum atomic E-state index is 6.27. The second-order valence-corrected chi connectivity index (χ2v) is 11.1. The van der Waals surface area contributed by atoms with Crippen LogP contribution in [-0.2, 0) is 0 Å². The van der Waals surface area contributed by atoms with E-state index >= 15 is 0 Å². The Kier molecular flexibility index (Phi) is 5.74. The minimum atomic E-state index is 0.582. The summed E-state index contributed by atoms with van der Waals surface area (Å²) in [5, 5.41) is 5.20. The number of benzene rings is 6. The summed E-state index contributed by atoms with van der Waals surface area (Å²) in [6.45, 7) is 0. The Labute approximate surface area is 258 Å². The Morgan fingerprint density at radius 2 is 1.07 bits per heavy atom. The van der Waals surface area contributed by atoms with Crippen molar-refractivity contribution in [3.05, 3.63) is 146 Å². The molecule has 0 fully saturated rings. The molecule has 0 amide bonds. The lowest BCUT2D eigenvalue weighted by atomic mass is 9.99. The third-order valence-corrected chi connectivity index (χ3v) is 8.31. The lowest BCUT2D eigenvalue weighted by Crippen LogP contribution is -2.00. The Bertz CT molecular complexity index is 2540. The molecule has 3 aromatic heterocycles. The molecule has 0 spiro atoms. The van der Waals surface area contributed by atoms with Gasteiger partial charge >= 0.3 is 0 Å². The number of rotatable bonds is 4. The highest BCUT2D eigenvalue weighted by Crippen LogP contribution is 2.37. The van der Waals surface area contributed by atoms with Gasteiger partial charge in [-0.05, 0) is 52.2 Å². The Morgan fingerprint density at radius 3 is 1.89 bits per heavy atom. The molecule has 9 aromatic rings. The second-order valence-electron chi connectivity index (χ2n) is 11.1. The minimum Gasteiger partial charge on any atom is -0.438 e. The monoisotopic (exact) mass is 576 g/mol. The first-order valence-electron chi connectivity index (χ1n) is 14.9. The first-order chi connectivity index (χ1) is 22.3. The van der Waals surface area contributed by atoms with Crippen molar-refractivity contribution in [2.75, 3.05) is 0 Å². The maximum Gasteiger partial charge on any atom is 0.227 e. The highest BCUT2D eigenvalue weighted by molar-refractivity contribution is 6.13. The van der Waals surface area contributed by atoms with Crippen molar-refractivity contribution < 1.29 is 4.42 Å². The predicted molar refractivity (Wildman–Crippen MR) is 182 cm³/mol. The molecule has 0 N–H and O–H groups in total. The van der Waals surface area contributed by atoms with E-state index in [1.807, 2.05) is 72.8 Å². The van der Waals surface area contributed by atoms with Crippen molar-refractivity contribution in [3.63, 3.8) is 0 Å². The van der Waals surface area contributed by atoms with Crippen LogP contribution in [0.4, 0.5) is 0 Å². The van der Waals surface area contributed by atoms with Gasteiger partial charge in [0, 0.05) is 32.8 Å². The summed E-state index contributed by atoms with van der Waals surface area (Å²) in [6.07, 6.45) is 0. The number of pyridine rings is 1. The third kappa shape index (κ3) is 4.41. The van der Waals surface area contributed by atoms with E-state index < -0.39 is 0 Å². The van der Waals surface area contributed by atoms with Crippen molar-refractivity contribution in [2.24, 2.45) is 0 Å². The normalized spacial score (nSPS) is 11.6. The van der Waals surface area contributed by atoms with Gasteiger partial charge in [0.2, 0.25) is 5.71 Å². The van der Waals surface area contributed by atoms with Gasteiger partial charge in [0.15, 0.2) is 17.5 Å². The molecule has 5 nitrogen and oxygen atoms in total. The number of fused-ring (bicyclic) bond motifs is 5. The van der Waals surface area contributed by atoms with E-state index in [0.717, 1.165) is 54.7 Å². The van der Waals surface area contributed by atoms with Crippen LogP contribution in [0.1, 0.15) is 0 Å². The lowest BCUT2D eigenvalue weighted by Gasteiger charge is -2.10. The summed E-state index contributed by atoms with van der Waals surface area (Å²) in [5.41, 5.74) is 7.30. The molecule has 0 radical (unpaired) electrons. The minimum absolute atomic E-state index is 0.582. The fourth-order valence-corrected chi connectivity index (χ4v) is 6.08. The van der Waals surface area contributed by atoms with E-state index in [0.29, 0.717) is 23.2 Å². The van der Waals surface area contributed by atoms with E-state index in [4.69, 9.17) is 24.4 Å². The molecule has 0 saturated heterocycles. The van der Waals surface area contributed by atoms with Gasteiger partial charge < -0.3 is 4.42 Å². The van der Waals surface area contributed by atoms with Gasteiger partial charge in [-0.15, -0.1) is 0 Å². The van der Waals surface area contributed by atoms with Crippen LogP contribution in [0.3, 0.4) is 0 Å². The van der Waals surface area contributed by atoms with E-state index in [1.54, 1.807) is 0 Å². The summed E-state index contributed by atoms with van der Waals surface area (Å²) in [4.78, 5) is 19.9. The second kappa shape index (κ2) is 10.2. The number of aromatic nitrogens is 4. The van der Waals surface area contributed by atoms with Crippen LogP contribution in [0.25, 0.3) is 89.0 Å². The van der Waals surface area contributed by atoms with Crippen LogP contribution in [0, 0.1) is 0 Å². The summed E-state index contributed by atoms with van der Waals surface area (Å²) in [7, 11) is 0. The molecule has 6 aromatic carbocycles. The van der Waals surface area contributed by atoms with Gasteiger partial charge in [-0.25, -0.2) is 19.9 Å². The SMILES string of the molecule is c1ccc(-c2ccc3ccc(-c4nc(-c5ccccc5)nc(-c5cccc6oc7nc8ccccc8cc7c56)n4)cc3c2)cc1.